The van der Waals surface area contributed by atoms with E-state index in [0.717, 1.165) is 11.1 Å². The van der Waals surface area contributed by atoms with Crippen LogP contribution in [0.5, 0.6) is 11.5 Å². The van der Waals surface area contributed by atoms with Crippen molar-refractivity contribution in [3.63, 3.8) is 0 Å². The highest BCUT2D eigenvalue weighted by molar-refractivity contribution is 6.32. The Morgan fingerprint density at radius 1 is 1.14 bits per heavy atom. The van der Waals surface area contributed by atoms with E-state index in [0.29, 0.717) is 33.1 Å². The van der Waals surface area contributed by atoms with Crippen LogP contribution >= 0.6 is 23.2 Å². The number of hydrogen-bond donors (Lipinski definition) is 1. The first kappa shape index (κ1) is 20.8. The Morgan fingerprint density at radius 2 is 1.97 bits per heavy atom. The second-order valence-electron chi connectivity index (χ2n) is 6.04. The van der Waals surface area contributed by atoms with Gasteiger partial charge in [-0.25, -0.2) is 5.43 Å². The van der Waals surface area contributed by atoms with Crippen molar-refractivity contribution in [2.24, 2.45) is 5.10 Å². The van der Waals surface area contributed by atoms with Crippen LogP contribution in [0.15, 0.2) is 58.0 Å². The Bertz CT molecular complexity index is 1050. The van der Waals surface area contributed by atoms with E-state index >= 15 is 0 Å². The van der Waals surface area contributed by atoms with Gasteiger partial charge in [-0.2, -0.15) is 5.10 Å². The summed E-state index contributed by atoms with van der Waals surface area (Å²) in [6.07, 6.45) is 1.40. The van der Waals surface area contributed by atoms with Gasteiger partial charge in [-0.3, -0.25) is 4.79 Å². The minimum Gasteiger partial charge on any atom is -0.495 e. The summed E-state index contributed by atoms with van der Waals surface area (Å²) in [5.74, 6) is 1.83. The molecule has 0 fully saturated rings. The molecule has 3 aromatic rings. The molecule has 0 spiro atoms. The lowest BCUT2D eigenvalue weighted by molar-refractivity contribution is -0.123. The number of carbonyl (C=O) groups excluding carboxylic acids is 1. The summed E-state index contributed by atoms with van der Waals surface area (Å²) in [5, 5.41) is 5.00. The molecular weight excluding hydrogens is 415 g/mol. The number of hydrazone groups is 1. The number of furan rings is 1. The van der Waals surface area contributed by atoms with Gasteiger partial charge in [0, 0.05) is 10.6 Å². The van der Waals surface area contributed by atoms with Crippen LogP contribution in [0, 0.1) is 6.92 Å². The van der Waals surface area contributed by atoms with E-state index < -0.39 is 5.91 Å². The third kappa shape index (κ3) is 5.53. The number of ether oxygens (including phenoxy) is 2. The Labute approximate surface area is 178 Å². The first-order valence-corrected chi connectivity index (χ1v) is 9.36. The summed E-state index contributed by atoms with van der Waals surface area (Å²) in [4.78, 5) is 11.8. The molecule has 0 aliphatic heterocycles. The number of benzene rings is 2. The average molecular weight is 433 g/mol. The molecule has 8 heteroatoms. The molecule has 0 aliphatic rings. The molecule has 1 heterocycles. The lowest BCUT2D eigenvalue weighted by atomic mass is 10.2. The van der Waals surface area contributed by atoms with Gasteiger partial charge in [0.05, 0.1) is 18.3 Å². The van der Waals surface area contributed by atoms with Gasteiger partial charge in [0.2, 0.25) is 0 Å². The SMILES string of the molecule is COc1ccc(-c2ccc(/C=N\NC(=O)COc3ccc(Cl)c(C)c3)o2)cc1Cl. The maximum atomic E-state index is 11.8. The average Bonchev–Trinajstić information content (AvgIpc) is 3.18. The fourth-order valence-electron chi connectivity index (χ4n) is 2.45. The summed E-state index contributed by atoms with van der Waals surface area (Å²) in [5.41, 5.74) is 4.05. The predicted octanol–water partition coefficient (Wildman–Crippen LogP) is 5.10. The van der Waals surface area contributed by atoms with Crippen LogP contribution in [0.4, 0.5) is 0 Å². The van der Waals surface area contributed by atoms with E-state index in [9.17, 15) is 4.79 Å². The highest BCUT2D eigenvalue weighted by Crippen LogP contribution is 2.30. The van der Waals surface area contributed by atoms with Crippen LogP contribution in [0.2, 0.25) is 10.0 Å². The molecule has 3 rings (SSSR count). The van der Waals surface area contributed by atoms with Crippen LogP contribution in [0.25, 0.3) is 11.3 Å². The number of halogens is 2. The lowest BCUT2D eigenvalue weighted by Gasteiger charge is -2.06. The summed E-state index contributed by atoms with van der Waals surface area (Å²) < 4.78 is 16.2. The molecule has 150 valence electrons. The van der Waals surface area contributed by atoms with Crippen molar-refractivity contribution in [3.8, 4) is 22.8 Å². The quantitative estimate of drug-likeness (QED) is 0.416. The van der Waals surface area contributed by atoms with Gasteiger partial charge < -0.3 is 13.9 Å². The molecule has 0 radical (unpaired) electrons. The molecule has 0 bridgehead atoms. The Morgan fingerprint density at radius 3 is 2.69 bits per heavy atom. The molecule has 0 saturated carbocycles. The molecule has 2 aromatic carbocycles. The summed E-state index contributed by atoms with van der Waals surface area (Å²) >= 11 is 12.1. The van der Waals surface area contributed by atoms with Gasteiger partial charge in [0.25, 0.3) is 5.91 Å². The molecule has 0 unspecified atom stereocenters. The van der Waals surface area contributed by atoms with Crippen LogP contribution in [-0.2, 0) is 4.79 Å². The number of hydrogen-bond acceptors (Lipinski definition) is 5. The molecule has 0 atom stereocenters. The zero-order valence-corrected chi connectivity index (χ0v) is 17.3. The fourth-order valence-corrected chi connectivity index (χ4v) is 2.83. The molecule has 6 nitrogen and oxygen atoms in total. The van der Waals surface area contributed by atoms with Crippen molar-refractivity contribution in [1.29, 1.82) is 0 Å². The minimum absolute atomic E-state index is 0.174. The molecule has 1 N–H and O–H groups in total. The van der Waals surface area contributed by atoms with E-state index in [-0.39, 0.29) is 6.61 Å². The van der Waals surface area contributed by atoms with Crippen molar-refractivity contribution in [2.45, 2.75) is 6.92 Å². The van der Waals surface area contributed by atoms with Gasteiger partial charge in [-0.1, -0.05) is 23.2 Å². The maximum absolute atomic E-state index is 11.8. The van der Waals surface area contributed by atoms with E-state index in [2.05, 4.69) is 10.5 Å². The van der Waals surface area contributed by atoms with Crippen molar-refractivity contribution in [3.05, 3.63) is 69.9 Å². The smallest absolute Gasteiger partial charge is 0.277 e. The molecule has 1 aromatic heterocycles. The molecule has 29 heavy (non-hydrogen) atoms. The van der Waals surface area contributed by atoms with Crippen LogP contribution in [-0.4, -0.2) is 25.8 Å². The van der Waals surface area contributed by atoms with E-state index in [4.69, 9.17) is 37.1 Å². The van der Waals surface area contributed by atoms with Crippen molar-refractivity contribution in [2.75, 3.05) is 13.7 Å². The number of rotatable bonds is 7. The van der Waals surface area contributed by atoms with E-state index in [1.807, 2.05) is 13.0 Å². The highest BCUT2D eigenvalue weighted by atomic mass is 35.5. The standard InChI is InChI=1S/C21H18Cl2N2O4/c1-13-9-15(4-6-17(13)22)28-12-21(26)25-24-11-16-5-8-19(29-16)14-3-7-20(27-2)18(23)10-14/h3-11H,12H2,1-2H3,(H,25,26)/b24-11-. The maximum Gasteiger partial charge on any atom is 0.277 e. The Kier molecular flexibility index (Phi) is 6.80. The zero-order chi connectivity index (χ0) is 20.8. The zero-order valence-electron chi connectivity index (χ0n) is 15.7. The topological polar surface area (TPSA) is 73.1 Å². The third-order valence-electron chi connectivity index (χ3n) is 3.94. The number of nitrogens with one attached hydrogen (secondary N) is 1. The number of methoxy groups -OCH3 is 1. The van der Waals surface area contributed by atoms with Crippen LogP contribution < -0.4 is 14.9 Å². The molecule has 0 aliphatic carbocycles. The first-order chi connectivity index (χ1) is 14.0. The number of carbonyl (C=O) groups is 1. The molecule has 0 saturated heterocycles. The predicted molar refractivity (Wildman–Crippen MR) is 113 cm³/mol. The highest BCUT2D eigenvalue weighted by Gasteiger charge is 2.08. The van der Waals surface area contributed by atoms with Gasteiger partial charge >= 0.3 is 0 Å². The minimum atomic E-state index is -0.400. The third-order valence-corrected chi connectivity index (χ3v) is 4.66. The van der Waals surface area contributed by atoms with Gasteiger partial charge in [-0.15, -0.1) is 0 Å². The van der Waals surface area contributed by atoms with Gasteiger partial charge in [-0.05, 0) is 61.0 Å². The summed E-state index contributed by atoms with van der Waals surface area (Å²) in [6.45, 7) is 1.68. The monoisotopic (exact) mass is 432 g/mol. The summed E-state index contributed by atoms with van der Waals surface area (Å²) in [7, 11) is 1.55. The number of nitrogens with zero attached hydrogens (tertiary/aromatic N) is 1. The first-order valence-electron chi connectivity index (χ1n) is 8.61. The molecule has 1 amide bonds. The van der Waals surface area contributed by atoms with Crippen molar-refractivity contribution in [1.82, 2.24) is 5.43 Å². The number of amides is 1. The Balaban J connectivity index is 1.53. The van der Waals surface area contributed by atoms with Gasteiger partial charge in [0.1, 0.15) is 23.0 Å². The normalized spacial score (nSPS) is 10.9. The van der Waals surface area contributed by atoms with Crippen LogP contribution in [0.1, 0.15) is 11.3 Å². The second-order valence-corrected chi connectivity index (χ2v) is 6.86. The second kappa shape index (κ2) is 9.49. The van der Waals surface area contributed by atoms with E-state index in [1.54, 1.807) is 49.6 Å². The van der Waals surface area contributed by atoms with Crippen molar-refractivity contribution >= 4 is 35.3 Å². The molecular formula is C21H18Cl2N2O4. The Hall–Kier alpha value is -2.96. The van der Waals surface area contributed by atoms with Gasteiger partial charge in [0.15, 0.2) is 6.61 Å². The summed E-state index contributed by atoms with van der Waals surface area (Å²) in [6, 6.07) is 14.0. The van der Waals surface area contributed by atoms with E-state index in [1.165, 1.54) is 6.21 Å². The number of aryl methyl sites for hydroxylation is 1. The van der Waals surface area contributed by atoms with Crippen LogP contribution in [0.3, 0.4) is 0 Å². The van der Waals surface area contributed by atoms with Crippen molar-refractivity contribution < 1.29 is 18.7 Å². The largest absolute Gasteiger partial charge is 0.495 e. The fraction of sp³-hybridized carbons (Fsp3) is 0.143. The lowest BCUT2D eigenvalue weighted by Crippen LogP contribution is -2.24.